The number of halogens is 3. The van der Waals surface area contributed by atoms with Gasteiger partial charge in [0.1, 0.15) is 0 Å². The molecular formula is C17H17F3O. The number of benzene rings is 2. The van der Waals surface area contributed by atoms with Crippen LogP contribution in [0, 0.1) is 0 Å². The molecule has 1 atom stereocenters. The molecule has 0 unspecified atom stereocenters. The van der Waals surface area contributed by atoms with Gasteiger partial charge in [0.05, 0.1) is 0 Å². The minimum atomic E-state index is -4.64. The van der Waals surface area contributed by atoms with E-state index < -0.39 is 12.3 Å². The smallest absolute Gasteiger partial charge is 0.379 e. The third-order valence-electron chi connectivity index (χ3n) is 3.45. The number of hydrogen-bond donors (Lipinski definition) is 1. The van der Waals surface area contributed by atoms with E-state index in [1.54, 1.807) is 12.1 Å². The molecule has 0 fully saturated rings. The maximum Gasteiger partial charge on any atom is 0.418 e. The molecule has 112 valence electrons. The number of hydrogen-bond acceptors (Lipinski definition) is 1. The number of alkyl halides is 3. The molecule has 0 heterocycles. The lowest BCUT2D eigenvalue weighted by molar-refractivity contribution is -0.206. The van der Waals surface area contributed by atoms with Crippen LogP contribution in [0.25, 0.3) is 11.1 Å². The Balaban J connectivity index is 2.23. The van der Waals surface area contributed by atoms with Gasteiger partial charge in [0.2, 0.25) is 0 Å². The lowest BCUT2D eigenvalue weighted by atomic mass is 9.97. The standard InChI is InChI=1S/C17H17F3O/c1-11(2)12-3-5-13(6-4-12)14-7-9-15(10-8-14)16(21)17(18,19)20/h3-11,16,21H,1-2H3/t16-/m0/s1. The summed E-state index contributed by atoms with van der Waals surface area (Å²) in [5, 5.41) is 9.19. The largest absolute Gasteiger partial charge is 0.418 e. The third-order valence-corrected chi connectivity index (χ3v) is 3.45. The van der Waals surface area contributed by atoms with Crippen LogP contribution in [0.4, 0.5) is 13.2 Å². The fraction of sp³-hybridized carbons (Fsp3) is 0.294. The Morgan fingerprint density at radius 1 is 0.762 bits per heavy atom. The zero-order valence-electron chi connectivity index (χ0n) is 11.9. The van der Waals surface area contributed by atoms with Crippen LogP contribution < -0.4 is 0 Å². The lowest BCUT2D eigenvalue weighted by Crippen LogP contribution is -2.19. The van der Waals surface area contributed by atoms with Gasteiger partial charge in [-0.2, -0.15) is 13.2 Å². The summed E-state index contributed by atoms with van der Waals surface area (Å²) in [6, 6.07) is 13.7. The Hall–Kier alpha value is -1.81. The molecule has 0 aliphatic carbocycles. The van der Waals surface area contributed by atoms with E-state index >= 15 is 0 Å². The van der Waals surface area contributed by atoms with Crippen molar-refractivity contribution >= 4 is 0 Å². The van der Waals surface area contributed by atoms with Crippen LogP contribution in [0.15, 0.2) is 48.5 Å². The molecule has 4 heteroatoms. The molecule has 0 spiro atoms. The van der Waals surface area contributed by atoms with Gasteiger partial charge in [-0.05, 0) is 28.2 Å². The van der Waals surface area contributed by atoms with Crippen LogP contribution in [-0.4, -0.2) is 11.3 Å². The molecule has 2 aromatic rings. The van der Waals surface area contributed by atoms with Crippen LogP contribution in [0.5, 0.6) is 0 Å². The summed E-state index contributed by atoms with van der Waals surface area (Å²) in [7, 11) is 0. The van der Waals surface area contributed by atoms with Crippen molar-refractivity contribution in [3.8, 4) is 11.1 Å². The minimum Gasteiger partial charge on any atom is -0.379 e. The molecule has 0 saturated heterocycles. The molecule has 0 aromatic heterocycles. The van der Waals surface area contributed by atoms with Gasteiger partial charge in [0.15, 0.2) is 6.10 Å². The molecule has 0 aliphatic heterocycles. The monoisotopic (exact) mass is 294 g/mol. The molecule has 2 rings (SSSR count). The highest BCUT2D eigenvalue weighted by Crippen LogP contribution is 2.33. The van der Waals surface area contributed by atoms with Gasteiger partial charge in [-0.1, -0.05) is 62.4 Å². The summed E-state index contributed by atoms with van der Waals surface area (Å²) in [5.74, 6) is 0.434. The fourth-order valence-corrected chi connectivity index (χ4v) is 2.11. The zero-order valence-corrected chi connectivity index (χ0v) is 11.9. The molecule has 0 radical (unpaired) electrons. The molecule has 2 aromatic carbocycles. The predicted octanol–water partition coefficient (Wildman–Crippen LogP) is 5.07. The van der Waals surface area contributed by atoms with Crippen molar-refractivity contribution in [2.24, 2.45) is 0 Å². The second-order valence-corrected chi connectivity index (χ2v) is 5.34. The summed E-state index contributed by atoms with van der Waals surface area (Å²) >= 11 is 0. The predicted molar refractivity (Wildman–Crippen MR) is 77.0 cm³/mol. The van der Waals surface area contributed by atoms with Crippen molar-refractivity contribution in [1.29, 1.82) is 0 Å². The van der Waals surface area contributed by atoms with Gasteiger partial charge in [-0.15, -0.1) is 0 Å². The van der Waals surface area contributed by atoms with Crippen molar-refractivity contribution < 1.29 is 18.3 Å². The molecule has 0 saturated carbocycles. The summed E-state index contributed by atoms with van der Waals surface area (Å²) in [6.07, 6.45) is -7.07. The topological polar surface area (TPSA) is 20.2 Å². The first-order valence-corrected chi connectivity index (χ1v) is 6.74. The molecule has 21 heavy (non-hydrogen) atoms. The molecular weight excluding hydrogens is 277 g/mol. The highest BCUT2D eigenvalue weighted by atomic mass is 19.4. The van der Waals surface area contributed by atoms with E-state index in [1.165, 1.54) is 17.7 Å². The Bertz CT molecular complexity index is 583. The third kappa shape index (κ3) is 3.64. The molecule has 1 nitrogen and oxygen atoms in total. The summed E-state index contributed by atoms with van der Waals surface area (Å²) < 4.78 is 37.3. The Labute approximate surface area is 122 Å². The van der Waals surface area contributed by atoms with E-state index in [9.17, 15) is 18.3 Å². The first-order chi connectivity index (χ1) is 9.79. The minimum absolute atomic E-state index is 0.148. The fourth-order valence-electron chi connectivity index (χ4n) is 2.11. The SMILES string of the molecule is CC(C)c1ccc(-c2ccc([C@H](O)C(F)(F)F)cc2)cc1. The quantitative estimate of drug-likeness (QED) is 0.837. The Morgan fingerprint density at radius 2 is 1.14 bits per heavy atom. The second kappa shape index (κ2) is 5.90. The van der Waals surface area contributed by atoms with E-state index in [0.717, 1.165) is 11.1 Å². The van der Waals surface area contributed by atoms with E-state index in [1.807, 2.05) is 24.3 Å². The maximum atomic E-state index is 12.4. The Kier molecular flexibility index (Phi) is 4.37. The number of rotatable bonds is 3. The van der Waals surface area contributed by atoms with Crippen LogP contribution in [0.2, 0.25) is 0 Å². The lowest BCUT2D eigenvalue weighted by Gasteiger charge is -2.15. The summed E-state index contributed by atoms with van der Waals surface area (Å²) in [5.41, 5.74) is 2.82. The van der Waals surface area contributed by atoms with Gasteiger partial charge >= 0.3 is 6.18 Å². The number of aliphatic hydroxyl groups is 1. The van der Waals surface area contributed by atoms with E-state index in [4.69, 9.17) is 0 Å². The van der Waals surface area contributed by atoms with Gasteiger partial charge in [0, 0.05) is 0 Å². The number of aliphatic hydroxyl groups excluding tert-OH is 1. The van der Waals surface area contributed by atoms with Crippen LogP contribution in [-0.2, 0) is 0 Å². The first-order valence-electron chi connectivity index (χ1n) is 6.74. The van der Waals surface area contributed by atoms with Crippen molar-refractivity contribution in [3.05, 3.63) is 59.7 Å². The average molecular weight is 294 g/mol. The van der Waals surface area contributed by atoms with Gasteiger partial charge in [-0.3, -0.25) is 0 Å². The van der Waals surface area contributed by atoms with E-state index in [2.05, 4.69) is 13.8 Å². The van der Waals surface area contributed by atoms with Gasteiger partial charge in [-0.25, -0.2) is 0 Å². The van der Waals surface area contributed by atoms with Crippen LogP contribution in [0.3, 0.4) is 0 Å². The average Bonchev–Trinajstić information content (AvgIpc) is 2.46. The molecule has 0 amide bonds. The first kappa shape index (κ1) is 15.6. The van der Waals surface area contributed by atoms with Crippen molar-refractivity contribution in [2.75, 3.05) is 0 Å². The molecule has 1 N–H and O–H groups in total. The van der Waals surface area contributed by atoms with Crippen molar-refractivity contribution in [3.63, 3.8) is 0 Å². The van der Waals surface area contributed by atoms with Crippen LogP contribution >= 0.6 is 0 Å². The summed E-state index contributed by atoms with van der Waals surface area (Å²) in [4.78, 5) is 0. The van der Waals surface area contributed by atoms with E-state index in [0.29, 0.717) is 5.92 Å². The highest BCUT2D eigenvalue weighted by molar-refractivity contribution is 5.64. The zero-order chi connectivity index (χ0) is 15.6. The van der Waals surface area contributed by atoms with Crippen molar-refractivity contribution in [1.82, 2.24) is 0 Å². The Morgan fingerprint density at radius 3 is 1.48 bits per heavy atom. The van der Waals surface area contributed by atoms with Gasteiger partial charge < -0.3 is 5.11 Å². The normalized spacial score (nSPS) is 13.5. The highest BCUT2D eigenvalue weighted by Gasteiger charge is 2.39. The molecule has 0 aliphatic rings. The second-order valence-electron chi connectivity index (χ2n) is 5.34. The molecule has 0 bridgehead atoms. The van der Waals surface area contributed by atoms with E-state index in [-0.39, 0.29) is 5.56 Å². The summed E-state index contributed by atoms with van der Waals surface area (Å²) in [6.45, 7) is 4.20. The van der Waals surface area contributed by atoms with Gasteiger partial charge in [0.25, 0.3) is 0 Å². The van der Waals surface area contributed by atoms with Crippen LogP contribution in [0.1, 0.15) is 37.0 Å². The van der Waals surface area contributed by atoms with Crippen molar-refractivity contribution in [2.45, 2.75) is 32.0 Å². The maximum absolute atomic E-state index is 12.4.